The number of methoxy groups -OCH3 is 1. The van der Waals surface area contributed by atoms with Crippen LogP contribution in [0.4, 0.5) is 0 Å². The Morgan fingerprint density at radius 1 is 1.20 bits per heavy atom. The first kappa shape index (κ1) is 16.8. The molecule has 0 aliphatic heterocycles. The van der Waals surface area contributed by atoms with Crippen LogP contribution in [0.1, 0.15) is 46.6 Å². The van der Waals surface area contributed by atoms with Crippen LogP contribution in [0.3, 0.4) is 0 Å². The van der Waals surface area contributed by atoms with E-state index in [1.165, 1.54) is 5.56 Å². The molecule has 1 aromatic carbocycles. The average molecular weight is 279 g/mol. The van der Waals surface area contributed by atoms with Crippen molar-refractivity contribution in [1.82, 2.24) is 5.32 Å². The summed E-state index contributed by atoms with van der Waals surface area (Å²) in [6.07, 6.45) is 1.06. The number of hydrogen-bond donors (Lipinski definition) is 1. The van der Waals surface area contributed by atoms with Crippen molar-refractivity contribution in [3.05, 3.63) is 23.8 Å². The third-order valence-corrected chi connectivity index (χ3v) is 3.04. The molecule has 0 aliphatic carbocycles. The van der Waals surface area contributed by atoms with Crippen molar-refractivity contribution in [1.29, 1.82) is 0 Å². The number of ether oxygens (including phenoxy) is 2. The third-order valence-electron chi connectivity index (χ3n) is 3.04. The SMILES string of the molecule is COc1ccc(CNC(C)(C)C)c(OCCC(C)C)c1. The highest BCUT2D eigenvalue weighted by Crippen LogP contribution is 2.25. The largest absolute Gasteiger partial charge is 0.497 e. The molecule has 0 atom stereocenters. The first-order chi connectivity index (χ1) is 9.31. The third kappa shape index (κ3) is 6.29. The molecule has 0 saturated carbocycles. The van der Waals surface area contributed by atoms with E-state index in [2.05, 4.69) is 46.0 Å². The van der Waals surface area contributed by atoms with Crippen molar-refractivity contribution in [3.8, 4) is 11.5 Å². The molecular formula is C17H29NO2. The van der Waals surface area contributed by atoms with Crippen molar-refractivity contribution in [2.24, 2.45) is 5.92 Å². The Kier molecular flexibility index (Phi) is 6.34. The van der Waals surface area contributed by atoms with E-state index in [9.17, 15) is 0 Å². The summed E-state index contributed by atoms with van der Waals surface area (Å²) in [5.41, 5.74) is 1.26. The van der Waals surface area contributed by atoms with Crippen LogP contribution < -0.4 is 14.8 Å². The van der Waals surface area contributed by atoms with Crippen LogP contribution in [0.2, 0.25) is 0 Å². The summed E-state index contributed by atoms with van der Waals surface area (Å²) in [5, 5.41) is 3.49. The first-order valence-electron chi connectivity index (χ1n) is 7.36. The van der Waals surface area contributed by atoms with Crippen molar-refractivity contribution >= 4 is 0 Å². The zero-order valence-electron chi connectivity index (χ0n) is 13.7. The molecule has 1 N–H and O–H groups in total. The van der Waals surface area contributed by atoms with Crippen LogP contribution >= 0.6 is 0 Å². The maximum absolute atomic E-state index is 5.94. The van der Waals surface area contributed by atoms with E-state index >= 15 is 0 Å². The number of nitrogens with one attached hydrogen (secondary N) is 1. The Balaban J connectivity index is 2.75. The monoisotopic (exact) mass is 279 g/mol. The topological polar surface area (TPSA) is 30.5 Å². The standard InChI is InChI=1S/C17H29NO2/c1-13(2)9-10-20-16-11-15(19-6)8-7-14(16)12-18-17(3,4)5/h7-8,11,13,18H,9-10,12H2,1-6H3. The van der Waals surface area contributed by atoms with Gasteiger partial charge in [-0.3, -0.25) is 0 Å². The molecule has 1 rings (SSSR count). The van der Waals surface area contributed by atoms with Gasteiger partial charge in [-0.1, -0.05) is 19.9 Å². The maximum Gasteiger partial charge on any atom is 0.127 e. The van der Waals surface area contributed by atoms with E-state index in [0.717, 1.165) is 31.1 Å². The van der Waals surface area contributed by atoms with Gasteiger partial charge in [0.1, 0.15) is 11.5 Å². The van der Waals surface area contributed by atoms with Crippen LogP contribution in [0, 0.1) is 5.92 Å². The molecule has 3 heteroatoms. The van der Waals surface area contributed by atoms with Gasteiger partial charge in [0.05, 0.1) is 13.7 Å². The lowest BCUT2D eigenvalue weighted by molar-refractivity contribution is 0.283. The molecule has 3 nitrogen and oxygen atoms in total. The Hall–Kier alpha value is -1.22. The van der Waals surface area contributed by atoms with Crippen molar-refractivity contribution in [3.63, 3.8) is 0 Å². The summed E-state index contributed by atoms with van der Waals surface area (Å²) >= 11 is 0. The molecule has 114 valence electrons. The van der Waals surface area contributed by atoms with E-state index in [4.69, 9.17) is 9.47 Å². The highest BCUT2D eigenvalue weighted by atomic mass is 16.5. The normalized spacial score (nSPS) is 11.8. The second-order valence-electron chi connectivity index (χ2n) is 6.61. The minimum Gasteiger partial charge on any atom is -0.497 e. The molecule has 0 aliphatic rings. The molecular weight excluding hydrogens is 250 g/mol. The zero-order chi connectivity index (χ0) is 15.2. The van der Waals surface area contributed by atoms with Crippen LogP contribution in [0.5, 0.6) is 11.5 Å². The fourth-order valence-corrected chi connectivity index (χ4v) is 1.71. The molecule has 0 amide bonds. The Morgan fingerprint density at radius 3 is 2.45 bits per heavy atom. The van der Waals surface area contributed by atoms with E-state index in [0.29, 0.717) is 5.92 Å². The number of rotatable bonds is 7. The van der Waals surface area contributed by atoms with Gasteiger partial charge in [0.25, 0.3) is 0 Å². The van der Waals surface area contributed by atoms with E-state index in [-0.39, 0.29) is 5.54 Å². The van der Waals surface area contributed by atoms with Gasteiger partial charge in [0.2, 0.25) is 0 Å². The minimum atomic E-state index is 0.0924. The van der Waals surface area contributed by atoms with E-state index < -0.39 is 0 Å². The lowest BCUT2D eigenvalue weighted by atomic mass is 10.1. The fourth-order valence-electron chi connectivity index (χ4n) is 1.71. The summed E-state index contributed by atoms with van der Waals surface area (Å²) in [4.78, 5) is 0. The van der Waals surface area contributed by atoms with E-state index in [1.807, 2.05) is 12.1 Å². The van der Waals surface area contributed by atoms with Crippen LogP contribution in [0.15, 0.2) is 18.2 Å². The summed E-state index contributed by atoms with van der Waals surface area (Å²) in [6.45, 7) is 12.4. The highest BCUT2D eigenvalue weighted by Gasteiger charge is 2.12. The predicted octanol–water partition coefficient (Wildman–Crippen LogP) is 4.01. The summed E-state index contributed by atoms with van der Waals surface area (Å²) < 4.78 is 11.2. The summed E-state index contributed by atoms with van der Waals surface area (Å²) in [7, 11) is 1.68. The summed E-state index contributed by atoms with van der Waals surface area (Å²) in [5.74, 6) is 2.41. The van der Waals surface area contributed by atoms with E-state index in [1.54, 1.807) is 7.11 Å². The van der Waals surface area contributed by atoms with Crippen LogP contribution in [-0.4, -0.2) is 19.3 Å². The molecule has 0 radical (unpaired) electrons. The van der Waals surface area contributed by atoms with Gasteiger partial charge in [-0.05, 0) is 39.2 Å². The zero-order valence-corrected chi connectivity index (χ0v) is 13.7. The van der Waals surface area contributed by atoms with Gasteiger partial charge >= 0.3 is 0 Å². The van der Waals surface area contributed by atoms with Crippen molar-refractivity contribution in [2.45, 2.75) is 53.1 Å². The lowest BCUT2D eigenvalue weighted by Crippen LogP contribution is -2.35. The molecule has 0 bridgehead atoms. The highest BCUT2D eigenvalue weighted by molar-refractivity contribution is 5.40. The van der Waals surface area contributed by atoms with Gasteiger partial charge in [-0.25, -0.2) is 0 Å². The van der Waals surface area contributed by atoms with Crippen molar-refractivity contribution in [2.75, 3.05) is 13.7 Å². The molecule has 20 heavy (non-hydrogen) atoms. The van der Waals surface area contributed by atoms with Crippen molar-refractivity contribution < 1.29 is 9.47 Å². The Bertz CT molecular complexity index is 408. The molecule has 0 unspecified atom stereocenters. The van der Waals surface area contributed by atoms with Gasteiger partial charge in [-0.2, -0.15) is 0 Å². The molecule has 1 aromatic rings. The maximum atomic E-state index is 5.94. The lowest BCUT2D eigenvalue weighted by Gasteiger charge is -2.22. The number of benzene rings is 1. The summed E-state index contributed by atoms with van der Waals surface area (Å²) in [6, 6.07) is 6.03. The van der Waals surface area contributed by atoms with Gasteiger partial charge in [-0.15, -0.1) is 0 Å². The fraction of sp³-hybridized carbons (Fsp3) is 0.647. The van der Waals surface area contributed by atoms with Crippen LogP contribution in [-0.2, 0) is 6.54 Å². The van der Waals surface area contributed by atoms with Crippen LogP contribution in [0.25, 0.3) is 0 Å². The van der Waals surface area contributed by atoms with Gasteiger partial charge < -0.3 is 14.8 Å². The second kappa shape index (κ2) is 7.53. The Labute approximate surface area is 123 Å². The second-order valence-corrected chi connectivity index (χ2v) is 6.61. The number of hydrogen-bond acceptors (Lipinski definition) is 3. The molecule has 0 aromatic heterocycles. The Morgan fingerprint density at radius 2 is 1.90 bits per heavy atom. The molecule has 0 spiro atoms. The predicted molar refractivity (Wildman–Crippen MR) is 84.5 cm³/mol. The quantitative estimate of drug-likeness (QED) is 0.818. The molecule has 0 heterocycles. The molecule has 0 saturated heterocycles. The molecule has 0 fully saturated rings. The minimum absolute atomic E-state index is 0.0924. The van der Waals surface area contributed by atoms with Gasteiger partial charge in [0.15, 0.2) is 0 Å². The van der Waals surface area contributed by atoms with Gasteiger partial charge in [0, 0.05) is 23.7 Å². The smallest absolute Gasteiger partial charge is 0.127 e. The first-order valence-corrected chi connectivity index (χ1v) is 7.36. The average Bonchev–Trinajstić information content (AvgIpc) is 2.35.